The minimum Gasteiger partial charge on any atom is -0.278 e. The lowest BCUT2D eigenvalue weighted by atomic mass is 10.2. The molecule has 10 aromatic carbocycles. The van der Waals surface area contributed by atoms with Crippen molar-refractivity contribution in [2.45, 2.75) is 0 Å². The fourth-order valence-electron chi connectivity index (χ4n) is 10.8. The monoisotopic (exact) mass is 914 g/mol. The molecule has 0 fully saturated rings. The quantitative estimate of drug-likeness (QED) is 0.0962. The van der Waals surface area contributed by atoms with Crippen molar-refractivity contribution >= 4 is 79.4 Å². The second kappa shape index (κ2) is 17.9. The van der Waals surface area contributed by atoms with Crippen LogP contribution in [0.25, 0.3) is 50.5 Å². The molecule has 0 N–H and O–H groups in total. The smallest absolute Gasteiger partial charge is 0.238 e. The molecular weight excluding hydrogens is 869 g/mol. The average molecular weight is 915 g/mol. The summed E-state index contributed by atoms with van der Waals surface area (Å²) in [7, 11) is -6.04. The van der Waals surface area contributed by atoms with E-state index in [9.17, 15) is 0 Å². The molecule has 0 spiro atoms. The molecule has 0 bridgehead atoms. The van der Waals surface area contributed by atoms with Crippen LogP contribution in [0.5, 0.6) is 0 Å². The number of rotatable bonds is 11. The topological polar surface area (TPSA) is 43.6 Å². The Balaban J connectivity index is 1.13. The predicted molar refractivity (Wildman–Crippen MR) is 292 cm³/mol. The van der Waals surface area contributed by atoms with Crippen LogP contribution in [0.1, 0.15) is 0 Å². The molecule has 12 rings (SSSR count). The highest BCUT2D eigenvalue weighted by atomic mass is 28.3. The third-order valence-corrected chi connectivity index (χ3v) is 23.3. The SMILES string of the molecule is c1ccc(-c2nc(-c3cccc([Si](c4ccccc4)(c4ccccc4)c4cccc([Si](c5ccccc5)(c5ccccc5)c5ccccc5)c4)c3)nc(-n3c4ccccc4c4ccccc43)n2)cc1. The highest BCUT2D eigenvalue weighted by molar-refractivity contribution is 7.22. The van der Waals surface area contributed by atoms with Gasteiger partial charge in [0.15, 0.2) is 27.8 Å². The summed E-state index contributed by atoms with van der Waals surface area (Å²) in [6.07, 6.45) is 0. The summed E-state index contributed by atoms with van der Waals surface area (Å²) in [6.45, 7) is 0. The molecule has 0 aliphatic carbocycles. The van der Waals surface area contributed by atoms with Gasteiger partial charge in [0.1, 0.15) is 0 Å². The van der Waals surface area contributed by atoms with Crippen LogP contribution in [0, 0.1) is 0 Å². The van der Waals surface area contributed by atoms with Crippen molar-refractivity contribution in [1.82, 2.24) is 19.5 Å². The number of fused-ring (bicyclic) bond motifs is 3. The first-order chi connectivity index (χ1) is 34.2. The molecule has 2 aromatic heterocycles. The highest BCUT2D eigenvalue weighted by Gasteiger charge is 2.45. The Hall–Kier alpha value is -8.56. The van der Waals surface area contributed by atoms with E-state index in [1.54, 1.807) is 0 Å². The fourth-order valence-corrected chi connectivity index (χ4v) is 20.5. The van der Waals surface area contributed by atoms with Crippen LogP contribution in [-0.2, 0) is 0 Å². The van der Waals surface area contributed by atoms with Gasteiger partial charge < -0.3 is 0 Å². The van der Waals surface area contributed by atoms with Crippen molar-refractivity contribution in [3.05, 3.63) is 279 Å². The third-order valence-electron chi connectivity index (χ3n) is 13.8. The van der Waals surface area contributed by atoms with Gasteiger partial charge in [-0.1, -0.05) is 267 Å². The molecule has 12 aromatic rings. The Morgan fingerprint density at radius 2 is 0.551 bits per heavy atom. The average Bonchev–Trinajstić information content (AvgIpc) is 3.78. The Morgan fingerprint density at radius 3 is 0.986 bits per heavy atom. The molecule has 6 heteroatoms. The van der Waals surface area contributed by atoms with E-state index < -0.39 is 16.1 Å². The Labute approximate surface area is 404 Å². The zero-order valence-electron chi connectivity index (χ0n) is 37.8. The van der Waals surface area contributed by atoms with Gasteiger partial charge in [0.05, 0.1) is 11.0 Å². The molecule has 0 saturated heterocycles. The van der Waals surface area contributed by atoms with Crippen LogP contribution in [-0.4, -0.2) is 35.7 Å². The fraction of sp³-hybridized carbons (Fsp3) is 0. The van der Waals surface area contributed by atoms with Crippen LogP contribution in [0.15, 0.2) is 279 Å². The maximum Gasteiger partial charge on any atom is 0.238 e. The molecule has 69 heavy (non-hydrogen) atoms. The van der Waals surface area contributed by atoms with E-state index in [4.69, 9.17) is 15.0 Å². The summed E-state index contributed by atoms with van der Waals surface area (Å²) in [6, 6.07) is 102. The van der Waals surface area contributed by atoms with E-state index in [0.29, 0.717) is 17.6 Å². The summed E-state index contributed by atoms with van der Waals surface area (Å²) >= 11 is 0. The molecule has 2 heterocycles. The summed E-state index contributed by atoms with van der Waals surface area (Å²) < 4.78 is 2.19. The lowest BCUT2D eigenvalue weighted by Gasteiger charge is -2.38. The largest absolute Gasteiger partial charge is 0.278 e. The van der Waals surface area contributed by atoms with E-state index >= 15 is 0 Å². The molecule has 0 aliphatic rings. The van der Waals surface area contributed by atoms with E-state index in [1.807, 2.05) is 18.2 Å². The minimum absolute atomic E-state index is 0.577. The van der Waals surface area contributed by atoms with Gasteiger partial charge in [-0.2, -0.15) is 9.97 Å². The lowest BCUT2D eigenvalue weighted by Crippen LogP contribution is -2.77. The van der Waals surface area contributed by atoms with Crippen LogP contribution in [0.4, 0.5) is 0 Å². The van der Waals surface area contributed by atoms with Gasteiger partial charge in [-0.25, -0.2) is 4.98 Å². The van der Waals surface area contributed by atoms with Crippen molar-refractivity contribution in [2.24, 2.45) is 0 Å². The minimum atomic E-state index is -3.15. The molecular formula is C63H46N4Si2. The van der Waals surface area contributed by atoms with E-state index in [1.165, 1.54) is 41.5 Å². The standard InChI is InChI=1S/C63H46N4Si2/c1-7-25-47(26-8-1)61-64-62(66-63(65-61)67-59-43-21-19-41-57(59)58-42-20-22-44-60(58)67)48-27-23-38-54(45-48)69(52-34-15-5-16-35-52,53-36-17-6-18-37-53)56-40-24-39-55(46-56)68(49-28-9-2-10-29-49,50-30-11-3-12-31-50)51-32-13-4-14-33-51/h1-46H. The first-order valence-corrected chi connectivity index (χ1v) is 27.5. The van der Waals surface area contributed by atoms with Gasteiger partial charge in [0.25, 0.3) is 0 Å². The molecule has 0 unspecified atom stereocenters. The van der Waals surface area contributed by atoms with E-state index in [-0.39, 0.29) is 0 Å². The Bertz CT molecular complexity index is 3530. The number of benzene rings is 10. The maximum atomic E-state index is 5.42. The summed E-state index contributed by atoms with van der Waals surface area (Å²) in [4.78, 5) is 16.0. The summed E-state index contributed by atoms with van der Waals surface area (Å²) in [5, 5.41) is 12.8. The second-order valence-corrected chi connectivity index (χ2v) is 25.1. The molecule has 0 amide bonds. The van der Waals surface area contributed by atoms with Gasteiger partial charge >= 0.3 is 0 Å². The molecule has 4 nitrogen and oxygen atoms in total. The van der Waals surface area contributed by atoms with Crippen LogP contribution in [0.2, 0.25) is 0 Å². The van der Waals surface area contributed by atoms with Crippen molar-refractivity contribution in [2.75, 3.05) is 0 Å². The number of hydrogen-bond acceptors (Lipinski definition) is 3. The van der Waals surface area contributed by atoms with Gasteiger partial charge in [-0.05, 0) is 53.6 Å². The highest BCUT2D eigenvalue weighted by Crippen LogP contribution is 2.32. The number of hydrogen-bond donors (Lipinski definition) is 0. The lowest BCUT2D eigenvalue weighted by molar-refractivity contribution is 0.953. The van der Waals surface area contributed by atoms with Crippen molar-refractivity contribution < 1.29 is 0 Å². The molecule has 0 radical (unpaired) electrons. The van der Waals surface area contributed by atoms with Crippen molar-refractivity contribution in [1.29, 1.82) is 0 Å². The molecule has 0 aliphatic heterocycles. The van der Waals surface area contributed by atoms with E-state index in [0.717, 1.165) is 32.9 Å². The number of nitrogens with zero attached hydrogens (tertiary/aromatic N) is 4. The zero-order chi connectivity index (χ0) is 46.0. The number of aromatic nitrogens is 4. The summed E-state index contributed by atoms with van der Waals surface area (Å²) in [5.41, 5.74) is 3.94. The predicted octanol–water partition coefficient (Wildman–Crippen LogP) is 9.06. The first kappa shape index (κ1) is 41.8. The summed E-state index contributed by atoms with van der Waals surface area (Å²) in [5.74, 6) is 1.81. The van der Waals surface area contributed by atoms with Gasteiger partial charge in [0.2, 0.25) is 5.95 Å². The van der Waals surface area contributed by atoms with Crippen molar-refractivity contribution in [3.8, 4) is 28.7 Å². The maximum absolute atomic E-state index is 5.42. The molecule has 0 saturated carbocycles. The second-order valence-electron chi connectivity index (χ2n) is 17.5. The normalized spacial score (nSPS) is 11.8. The molecule has 0 atom stereocenters. The van der Waals surface area contributed by atoms with Crippen LogP contribution >= 0.6 is 0 Å². The Kier molecular flexibility index (Phi) is 10.9. The van der Waals surface area contributed by atoms with Gasteiger partial charge in [-0.15, -0.1) is 0 Å². The van der Waals surface area contributed by atoms with Crippen LogP contribution in [0.3, 0.4) is 0 Å². The Morgan fingerprint density at radius 1 is 0.246 bits per heavy atom. The van der Waals surface area contributed by atoms with Crippen LogP contribution < -0.4 is 41.5 Å². The van der Waals surface area contributed by atoms with Gasteiger partial charge in [0, 0.05) is 21.9 Å². The zero-order valence-corrected chi connectivity index (χ0v) is 39.8. The van der Waals surface area contributed by atoms with Gasteiger partial charge in [-0.3, -0.25) is 4.57 Å². The van der Waals surface area contributed by atoms with Crippen molar-refractivity contribution in [3.63, 3.8) is 0 Å². The third kappa shape index (κ3) is 7.17. The first-order valence-electron chi connectivity index (χ1n) is 23.5. The van der Waals surface area contributed by atoms with E-state index in [2.05, 4.69) is 265 Å². The number of para-hydroxylation sites is 2. The molecule has 326 valence electrons.